The van der Waals surface area contributed by atoms with Gasteiger partial charge < -0.3 is 11.1 Å². The highest BCUT2D eigenvalue weighted by atomic mass is 35.5. The Morgan fingerprint density at radius 3 is 2.65 bits per heavy atom. The molecule has 0 saturated heterocycles. The van der Waals surface area contributed by atoms with Crippen LogP contribution in [0, 0.1) is 6.92 Å². The number of carbonyl (C=O) groups is 1. The molecule has 6 heteroatoms. The quantitative estimate of drug-likeness (QED) is 0.729. The fourth-order valence-corrected chi connectivity index (χ4v) is 3.07. The molecule has 4 nitrogen and oxygen atoms in total. The fraction of sp³-hybridized carbons (Fsp3) is 0.0588. The molecule has 0 fully saturated rings. The Kier molecular flexibility index (Phi) is 4.32. The molecule has 0 bridgehead atoms. The average Bonchev–Trinajstić information content (AvgIpc) is 2.94. The molecule has 0 atom stereocenters. The number of anilines is 2. The van der Waals surface area contributed by atoms with Crippen molar-refractivity contribution in [1.82, 2.24) is 4.98 Å². The van der Waals surface area contributed by atoms with Gasteiger partial charge in [0.15, 0.2) is 5.13 Å². The van der Waals surface area contributed by atoms with Gasteiger partial charge in [-0.05, 0) is 24.6 Å². The fourth-order valence-electron chi connectivity index (χ4n) is 2.14. The Bertz CT molecular complexity index is 862. The van der Waals surface area contributed by atoms with Crippen LogP contribution >= 0.6 is 22.9 Å². The van der Waals surface area contributed by atoms with Crippen LogP contribution in [0.1, 0.15) is 15.2 Å². The number of aromatic nitrogens is 1. The minimum Gasteiger partial charge on any atom is -0.375 e. The molecule has 3 N–H and O–H groups in total. The minimum atomic E-state index is -0.252. The van der Waals surface area contributed by atoms with Crippen LogP contribution < -0.4 is 11.1 Å². The maximum Gasteiger partial charge on any atom is 0.268 e. The van der Waals surface area contributed by atoms with Crippen molar-refractivity contribution in [3.8, 4) is 11.3 Å². The number of halogens is 1. The zero-order valence-corrected chi connectivity index (χ0v) is 13.9. The van der Waals surface area contributed by atoms with Gasteiger partial charge in [-0.15, -0.1) is 0 Å². The lowest BCUT2D eigenvalue weighted by Crippen LogP contribution is -2.11. The number of nitrogens with two attached hydrogens (primary N) is 1. The van der Waals surface area contributed by atoms with Gasteiger partial charge >= 0.3 is 0 Å². The normalized spacial score (nSPS) is 10.5. The van der Waals surface area contributed by atoms with E-state index in [9.17, 15) is 4.79 Å². The molecule has 0 unspecified atom stereocenters. The first kappa shape index (κ1) is 15.5. The van der Waals surface area contributed by atoms with E-state index in [2.05, 4.69) is 10.3 Å². The van der Waals surface area contributed by atoms with Crippen molar-refractivity contribution < 1.29 is 4.79 Å². The SMILES string of the molecule is Cc1ccc(NC(=O)c2sc(N)nc2-c2ccccc2)cc1Cl. The largest absolute Gasteiger partial charge is 0.375 e. The number of rotatable bonds is 3. The lowest BCUT2D eigenvalue weighted by atomic mass is 10.1. The summed E-state index contributed by atoms with van der Waals surface area (Å²) in [6, 6.07) is 14.9. The molecule has 0 aliphatic heterocycles. The van der Waals surface area contributed by atoms with Gasteiger partial charge in [-0.3, -0.25) is 4.79 Å². The molecular formula is C17H14ClN3OS. The van der Waals surface area contributed by atoms with Crippen molar-refractivity contribution in [2.24, 2.45) is 0 Å². The van der Waals surface area contributed by atoms with Crippen LogP contribution in [-0.2, 0) is 0 Å². The third-order valence-corrected chi connectivity index (χ3v) is 4.62. The summed E-state index contributed by atoms with van der Waals surface area (Å²) in [6.07, 6.45) is 0. The molecule has 1 aromatic heterocycles. The molecule has 3 rings (SSSR count). The standard InChI is InChI=1S/C17H14ClN3OS/c1-10-7-8-12(9-13(10)18)20-16(22)15-14(21-17(19)23-15)11-5-3-2-4-6-11/h2-9H,1H3,(H2,19,21)(H,20,22). The number of thiazole rings is 1. The predicted molar refractivity (Wildman–Crippen MR) is 96.1 cm³/mol. The van der Waals surface area contributed by atoms with Crippen LogP contribution in [0.4, 0.5) is 10.8 Å². The summed E-state index contributed by atoms with van der Waals surface area (Å²) >= 11 is 7.26. The third kappa shape index (κ3) is 3.36. The summed E-state index contributed by atoms with van der Waals surface area (Å²) in [4.78, 5) is 17.3. The van der Waals surface area contributed by atoms with E-state index in [0.717, 1.165) is 11.1 Å². The number of aryl methyl sites for hydroxylation is 1. The van der Waals surface area contributed by atoms with E-state index in [1.807, 2.05) is 49.4 Å². The van der Waals surface area contributed by atoms with E-state index >= 15 is 0 Å². The van der Waals surface area contributed by atoms with E-state index in [0.29, 0.717) is 26.4 Å². The topological polar surface area (TPSA) is 68.0 Å². The number of nitrogens with one attached hydrogen (secondary N) is 1. The van der Waals surface area contributed by atoms with Crippen LogP contribution in [-0.4, -0.2) is 10.9 Å². The number of amides is 1. The van der Waals surface area contributed by atoms with E-state index in [1.165, 1.54) is 11.3 Å². The molecule has 3 aromatic rings. The smallest absolute Gasteiger partial charge is 0.268 e. The molecule has 116 valence electrons. The highest BCUT2D eigenvalue weighted by Gasteiger charge is 2.18. The van der Waals surface area contributed by atoms with Crippen LogP contribution in [0.3, 0.4) is 0 Å². The highest BCUT2D eigenvalue weighted by Crippen LogP contribution is 2.30. The van der Waals surface area contributed by atoms with Gasteiger partial charge in [0, 0.05) is 16.3 Å². The molecule has 0 radical (unpaired) electrons. The number of hydrogen-bond donors (Lipinski definition) is 2. The van der Waals surface area contributed by atoms with Crippen LogP contribution in [0.2, 0.25) is 5.02 Å². The maximum absolute atomic E-state index is 12.6. The number of nitrogens with zero attached hydrogens (tertiary/aromatic N) is 1. The second kappa shape index (κ2) is 6.40. The van der Waals surface area contributed by atoms with Crippen LogP contribution in [0.15, 0.2) is 48.5 Å². The van der Waals surface area contributed by atoms with Crippen LogP contribution in [0.5, 0.6) is 0 Å². The van der Waals surface area contributed by atoms with Gasteiger partial charge in [0.1, 0.15) is 4.88 Å². The second-order valence-corrected chi connectivity index (χ2v) is 6.45. The zero-order chi connectivity index (χ0) is 16.4. The monoisotopic (exact) mass is 343 g/mol. The Morgan fingerprint density at radius 2 is 1.96 bits per heavy atom. The summed E-state index contributed by atoms with van der Waals surface area (Å²) in [5.74, 6) is -0.252. The summed E-state index contributed by atoms with van der Waals surface area (Å²) < 4.78 is 0. The number of nitrogen functional groups attached to an aromatic ring is 1. The van der Waals surface area contributed by atoms with Crippen molar-refractivity contribution in [2.45, 2.75) is 6.92 Å². The average molecular weight is 344 g/mol. The Hall–Kier alpha value is -2.37. The third-order valence-electron chi connectivity index (χ3n) is 3.33. The summed E-state index contributed by atoms with van der Waals surface area (Å²) in [5, 5.41) is 3.80. The molecule has 23 heavy (non-hydrogen) atoms. The van der Waals surface area contributed by atoms with Gasteiger partial charge in [-0.25, -0.2) is 4.98 Å². The molecule has 0 aliphatic carbocycles. The zero-order valence-electron chi connectivity index (χ0n) is 12.3. The van der Waals surface area contributed by atoms with E-state index < -0.39 is 0 Å². The van der Waals surface area contributed by atoms with E-state index in [1.54, 1.807) is 6.07 Å². The van der Waals surface area contributed by atoms with E-state index in [4.69, 9.17) is 17.3 Å². The van der Waals surface area contributed by atoms with Crippen molar-refractivity contribution in [3.05, 3.63) is 64.0 Å². The first-order chi connectivity index (χ1) is 11.0. The van der Waals surface area contributed by atoms with E-state index in [-0.39, 0.29) is 5.91 Å². The van der Waals surface area contributed by atoms with Gasteiger partial charge in [-0.2, -0.15) is 0 Å². The molecule has 1 amide bonds. The van der Waals surface area contributed by atoms with Crippen molar-refractivity contribution >= 4 is 39.7 Å². The van der Waals surface area contributed by atoms with Crippen LogP contribution in [0.25, 0.3) is 11.3 Å². The number of benzene rings is 2. The first-order valence-corrected chi connectivity index (χ1v) is 8.13. The van der Waals surface area contributed by atoms with Gasteiger partial charge in [-0.1, -0.05) is 59.3 Å². The Morgan fingerprint density at radius 1 is 1.22 bits per heavy atom. The molecule has 0 saturated carbocycles. The number of hydrogen-bond acceptors (Lipinski definition) is 4. The van der Waals surface area contributed by atoms with Crippen molar-refractivity contribution in [3.63, 3.8) is 0 Å². The molecule has 2 aromatic carbocycles. The lowest BCUT2D eigenvalue weighted by Gasteiger charge is -2.07. The molecule has 1 heterocycles. The van der Waals surface area contributed by atoms with Gasteiger partial charge in [0.25, 0.3) is 5.91 Å². The highest BCUT2D eigenvalue weighted by molar-refractivity contribution is 7.17. The first-order valence-electron chi connectivity index (χ1n) is 6.94. The predicted octanol–water partition coefficient (Wildman–Crippen LogP) is 4.61. The minimum absolute atomic E-state index is 0.252. The summed E-state index contributed by atoms with van der Waals surface area (Å²) in [6.45, 7) is 1.91. The number of carbonyl (C=O) groups excluding carboxylic acids is 1. The lowest BCUT2D eigenvalue weighted by molar-refractivity contribution is 0.103. The Labute approximate surface area is 142 Å². The molecule has 0 spiro atoms. The van der Waals surface area contributed by atoms with Crippen molar-refractivity contribution in [2.75, 3.05) is 11.1 Å². The van der Waals surface area contributed by atoms with Gasteiger partial charge in [0.05, 0.1) is 5.69 Å². The maximum atomic E-state index is 12.6. The van der Waals surface area contributed by atoms with Crippen molar-refractivity contribution in [1.29, 1.82) is 0 Å². The Balaban J connectivity index is 1.92. The molecule has 0 aliphatic rings. The second-order valence-electron chi connectivity index (χ2n) is 5.01. The summed E-state index contributed by atoms with van der Waals surface area (Å²) in [5.41, 5.74) is 8.83. The van der Waals surface area contributed by atoms with Gasteiger partial charge in [0.2, 0.25) is 0 Å². The molecular weight excluding hydrogens is 330 g/mol. The summed E-state index contributed by atoms with van der Waals surface area (Å²) in [7, 11) is 0.